The first-order valence-electron chi connectivity index (χ1n) is 9.83. The summed E-state index contributed by atoms with van der Waals surface area (Å²) < 4.78 is 1.36. The first-order chi connectivity index (χ1) is 15.4. The molecule has 8 heteroatoms. The second kappa shape index (κ2) is 7.28. The monoisotopic (exact) mass is 424 g/mol. The highest BCUT2D eigenvalue weighted by Gasteiger charge is 2.25. The molecule has 0 saturated heterocycles. The molecule has 0 fully saturated rings. The molecule has 2 heterocycles. The third-order valence-corrected chi connectivity index (χ3v) is 5.35. The van der Waals surface area contributed by atoms with Gasteiger partial charge in [0.15, 0.2) is 0 Å². The molecule has 0 bridgehead atoms. The van der Waals surface area contributed by atoms with Crippen molar-refractivity contribution in [2.45, 2.75) is 6.92 Å². The number of anilines is 1. The van der Waals surface area contributed by atoms with E-state index in [0.717, 1.165) is 11.1 Å². The number of aryl methyl sites for hydroxylation is 1. The molecule has 4 aromatic rings. The summed E-state index contributed by atoms with van der Waals surface area (Å²) in [6, 6.07) is 18.2. The minimum absolute atomic E-state index is 0.0879. The van der Waals surface area contributed by atoms with Gasteiger partial charge in [0.05, 0.1) is 27.1 Å². The number of carbonyl (C=O) groups is 1. The standard InChI is InChI=1S/C24H16N4O4/c1-14-6-11-21-18(12-14)19(23(29)26-21)13-22-25-20-5-3-2-4-17(20)24(30)27(22)15-7-9-16(10-8-15)28(31)32/h2-13H,1H3,(H,26,29). The minimum Gasteiger partial charge on any atom is -0.321 e. The molecular weight excluding hydrogens is 408 g/mol. The third kappa shape index (κ3) is 3.14. The van der Waals surface area contributed by atoms with Crippen LogP contribution in [0.15, 0.2) is 71.5 Å². The maximum Gasteiger partial charge on any atom is 0.269 e. The molecule has 1 N–H and O–H groups in total. The lowest BCUT2D eigenvalue weighted by molar-refractivity contribution is -0.384. The number of carbonyl (C=O) groups excluding carboxylic acids is 1. The number of para-hydroxylation sites is 1. The van der Waals surface area contributed by atoms with Crippen molar-refractivity contribution in [3.8, 4) is 5.69 Å². The van der Waals surface area contributed by atoms with Crippen molar-refractivity contribution in [3.63, 3.8) is 0 Å². The van der Waals surface area contributed by atoms with Gasteiger partial charge in [-0.1, -0.05) is 23.8 Å². The molecular formula is C24H16N4O4. The predicted octanol–water partition coefficient (Wildman–Crippen LogP) is 4.10. The molecule has 0 aliphatic carbocycles. The Morgan fingerprint density at radius 2 is 1.78 bits per heavy atom. The van der Waals surface area contributed by atoms with Crippen LogP contribution in [0, 0.1) is 17.0 Å². The summed E-state index contributed by atoms with van der Waals surface area (Å²) in [6.07, 6.45) is 1.58. The maximum absolute atomic E-state index is 13.4. The molecule has 1 aliphatic rings. The fourth-order valence-electron chi connectivity index (χ4n) is 3.79. The second-order valence-electron chi connectivity index (χ2n) is 7.46. The smallest absolute Gasteiger partial charge is 0.269 e. The molecule has 1 aliphatic heterocycles. The molecule has 156 valence electrons. The van der Waals surface area contributed by atoms with E-state index in [4.69, 9.17) is 0 Å². The number of aromatic nitrogens is 2. The molecule has 8 nitrogen and oxygen atoms in total. The predicted molar refractivity (Wildman–Crippen MR) is 122 cm³/mol. The summed E-state index contributed by atoms with van der Waals surface area (Å²) in [6.45, 7) is 1.93. The van der Waals surface area contributed by atoms with Gasteiger partial charge in [-0.05, 0) is 49.4 Å². The van der Waals surface area contributed by atoms with E-state index < -0.39 is 4.92 Å². The van der Waals surface area contributed by atoms with Crippen molar-refractivity contribution < 1.29 is 9.72 Å². The zero-order valence-corrected chi connectivity index (χ0v) is 16.9. The van der Waals surface area contributed by atoms with Gasteiger partial charge in [0, 0.05) is 23.4 Å². The van der Waals surface area contributed by atoms with Crippen LogP contribution in [0.1, 0.15) is 17.0 Å². The lowest BCUT2D eigenvalue weighted by Gasteiger charge is -2.12. The van der Waals surface area contributed by atoms with E-state index in [1.165, 1.54) is 28.8 Å². The third-order valence-electron chi connectivity index (χ3n) is 5.35. The summed E-state index contributed by atoms with van der Waals surface area (Å²) in [5.41, 5.74) is 3.28. The van der Waals surface area contributed by atoms with E-state index in [1.807, 2.05) is 25.1 Å². The van der Waals surface area contributed by atoms with Gasteiger partial charge in [-0.25, -0.2) is 4.98 Å². The van der Waals surface area contributed by atoms with Gasteiger partial charge in [0.2, 0.25) is 0 Å². The number of rotatable bonds is 3. The van der Waals surface area contributed by atoms with Gasteiger partial charge in [-0.3, -0.25) is 24.3 Å². The Hall–Kier alpha value is -4.59. The molecule has 0 unspecified atom stereocenters. The highest BCUT2D eigenvalue weighted by atomic mass is 16.6. The van der Waals surface area contributed by atoms with Crippen LogP contribution < -0.4 is 10.9 Å². The number of amides is 1. The van der Waals surface area contributed by atoms with Crippen LogP contribution in [-0.2, 0) is 4.79 Å². The van der Waals surface area contributed by atoms with Gasteiger partial charge in [-0.2, -0.15) is 0 Å². The number of non-ortho nitro benzene ring substituents is 1. The number of nitro benzene ring substituents is 1. The molecule has 0 spiro atoms. The highest BCUT2D eigenvalue weighted by Crippen LogP contribution is 2.33. The molecule has 3 aromatic carbocycles. The second-order valence-corrected chi connectivity index (χ2v) is 7.46. The average molecular weight is 424 g/mol. The van der Waals surface area contributed by atoms with Crippen LogP contribution >= 0.6 is 0 Å². The molecule has 0 saturated carbocycles. The molecule has 0 atom stereocenters. The van der Waals surface area contributed by atoms with Gasteiger partial charge in [-0.15, -0.1) is 0 Å². The van der Waals surface area contributed by atoms with Crippen LogP contribution in [0.5, 0.6) is 0 Å². The molecule has 1 aromatic heterocycles. The molecule has 32 heavy (non-hydrogen) atoms. The van der Waals surface area contributed by atoms with Crippen molar-refractivity contribution in [2.24, 2.45) is 0 Å². The zero-order valence-electron chi connectivity index (χ0n) is 16.9. The Labute approximate surface area is 181 Å². The number of nitrogens with zero attached hydrogens (tertiary/aromatic N) is 3. The minimum atomic E-state index is -0.504. The summed E-state index contributed by atoms with van der Waals surface area (Å²) in [7, 11) is 0. The van der Waals surface area contributed by atoms with E-state index in [2.05, 4.69) is 10.3 Å². The summed E-state index contributed by atoms with van der Waals surface area (Å²) in [5.74, 6) is -0.0367. The number of nitrogens with one attached hydrogen (secondary N) is 1. The number of nitro groups is 1. The van der Waals surface area contributed by atoms with Crippen molar-refractivity contribution in [3.05, 3.63) is 104 Å². The Balaban J connectivity index is 1.78. The van der Waals surface area contributed by atoms with Crippen molar-refractivity contribution in [1.29, 1.82) is 0 Å². The average Bonchev–Trinajstić information content (AvgIpc) is 3.08. The highest BCUT2D eigenvalue weighted by molar-refractivity contribution is 6.34. The summed E-state index contributed by atoms with van der Waals surface area (Å²) >= 11 is 0. The van der Waals surface area contributed by atoms with Crippen LogP contribution in [0.3, 0.4) is 0 Å². The molecule has 0 radical (unpaired) electrons. The number of benzene rings is 3. The number of hydrogen-bond acceptors (Lipinski definition) is 5. The van der Waals surface area contributed by atoms with Crippen molar-refractivity contribution >= 4 is 39.8 Å². The first-order valence-corrected chi connectivity index (χ1v) is 9.83. The quantitative estimate of drug-likeness (QED) is 0.303. The van der Waals surface area contributed by atoms with E-state index in [1.54, 1.807) is 30.3 Å². The van der Waals surface area contributed by atoms with Crippen LogP contribution in [0.25, 0.3) is 28.2 Å². The van der Waals surface area contributed by atoms with E-state index in [9.17, 15) is 19.7 Å². The van der Waals surface area contributed by atoms with Gasteiger partial charge in [0.1, 0.15) is 5.82 Å². The first kappa shape index (κ1) is 19.4. The number of hydrogen-bond donors (Lipinski definition) is 1. The van der Waals surface area contributed by atoms with E-state index in [-0.39, 0.29) is 23.0 Å². The van der Waals surface area contributed by atoms with Crippen molar-refractivity contribution in [2.75, 3.05) is 5.32 Å². The fourth-order valence-corrected chi connectivity index (χ4v) is 3.79. The normalized spacial score (nSPS) is 13.9. The zero-order chi connectivity index (χ0) is 22.4. The summed E-state index contributed by atoms with van der Waals surface area (Å²) in [5, 5.41) is 14.3. The van der Waals surface area contributed by atoms with Crippen LogP contribution in [-0.4, -0.2) is 20.4 Å². The maximum atomic E-state index is 13.4. The van der Waals surface area contributed by atoms with Gasteiger partial charge in [0.25, 0.3) is 17.2 Å². The fraction of sp³-hybridized carbons (Fsp3) is 0.0417. The lowest BCUT2D eigenvalue weighted by atomic mass is 10.0. The van der Waals surface area contributed by atoms with Crippen LogP contribution in [0.2, 0.25) is 0 Å². The SMILES string of the molecule is Cc1ccc2c(c1)C(=Cc1nc3ccccc3c(=O)n1-c1ccc([N+](=O)[O-])cc1)C(=O)N2. The largest absolute Gasteiger partial charge is 0.321 e. The van der Waals surface area contributed by atoms with Crippen molar-refractivity contribution in [1.82, 2.24) is 9.55 Å². The molecule has 1 amide bonds. The topological polar surface area (TPSA) is 107 Å². The lowest BCUT2D eigenvalue weighted by Crippen LogP contribution is -2.22. The Morgan fingerprint density at radius 1 is 1.03 bits per heavy atom. The Morgan fingerprint density at radius 3 is 2.53 bits per heavy atom. The summed E-state index contributed by atoms with van der Waals surface area (Å²) in [4.78, 5) is 41.2. The Bertz CT molecular complexity index is 1520. The van der Waals surface area contributed by atoms with Crippen LogP contribution in [0.4, 0.5) is 11.4 Å². The van der Waals surface area contributed by atoms with Gasteiger partial charge >= 0.3 is 0 Å². The van der Waals surface area contributed by atoms with E-state index in [0.29, 0.717) is 27.9 Å². The molecule has 5 rings (SSSR count). The van der Waals surface area contributed by atoms with Gasteiger partial charge < -0.3 is 5.32 Å². The Kier molecular flexibility index (Phi) is 4.41. The van der Waals surface area contributed by atoms with E-state index >= 15 is 0 Å². The number of fused-ring (bicyclic) bond motifs is 2.